The van der Waals surface area contributed by atoms with E-state index in [1.54, 1.807) is 18.0 Å². The molecule has 0 saturated heterocycles. The highest BCUT2D eigenvalue weighted by Crippen LogP contribution is 2.31. The Morgan fingerprint density at radius 2 is 2.29 bits per heavy atom. The molecule has 1 aliphatic rings. The van der Waals surface area contributed by atoms with Crippen molar-refractivity contribution in [2.45, 2.75) is 51.2 Å². The molecule has 2 amide bonds. The number of carbonyl (C=O) groups is 2. The van der Waals surface area contributed by atoms with Crippen LogP contribution in [0.25, 0.3) is 0 Å². The number of aliphatic hydroxyl groups is 1. The van der Waals surface area contributed by atoms with Gasteiger partial charge in [0.25, 0.3) is 0 Å². The second kappa shape index (κ2) is 8.21. The van der Waals surface area contributed by atoms with Gasteiger partial charge in [0.15, 0.2) is 0 Å². The summed E-state index contributed by atoms with van der Waals surface area (Å²) in [5.74, 6) is -0.389. The highest BCUT2D eigenvalue weighted by Gasteiger charge is 2.37. The minimum atomic E-state index is -0.591. The largest absolute Gasteiger partial charge is 0.395 e. The van der Waals surface area contributed by atoms with E-state index in [2.05, 4.69) is 10.3 Å². The van der Waals surface area contributed by atoms with E-state index < -0.39 is 6.04 Å². The quantitative estimate of drug-likeness (QED) is 0.709. The van der Waals surface area contributed by atoms with Gasteiger partial charge in [0.05, 0.1) is 12.6 Å². The number of rotatable bonds is 5. The van der Waals surface area contributed by atoms with E-state index in [0.717, 1.165) is 11.3 Å². The normalized spacial score (nSPS) is 21.6. The molecule has 2 rings (SSSR count). The third-order valence-corrected chi connectivity index (χ3v) is 4.28. The van der Waals surface area contributed by atoms with Crippen LogP contribution in [0, 0.1) is 0 Å². The van der Waals surface area contributed by atoms with Crippen molar-refractivity contribution in [1.82, 2.24) is 15.2 Å². The SMILES string of the molecule is CC(N)CC(=O)N1C(C(=O)NCCO)CCc2ncccc2C1C. The molecule has 0 fully saturated rings. The van der Waals surface area contributed by atoms with Gasteiger partial charge in [-0.05, 0) is 38.3 Å². The summed E-state index contributed by atoms with van der Waals surface area (Å²) in [6.07, 6.45) is 3.03. The third-order valence-electron chi connectivity index (χ3n) is 4.28. The van der Waals surface area contributed by atoms with Gasteiger partial charge in [0.2, 0.25) is 11.8 Å². The Bertz CT molecular complexity index is 591. The van der Waals surface area contributed by atoms with Gasteiger partial charge in [0.1, 0.15) is 6.04 Å². The molecule has 0 aliphatic carbocycles. The minimum absolute atomic E-state index is 0.135. The smallest absolute Gasteiger partial charge is 0.242 e. The van der Waals surface area contributed by atoms with Crippen LogP contribution in [0.5, 0.6) is 0 Å². The molecule has 0 bridgehead atoms. The van der Waals surface area contributed by atoms with Gasteiger partial charge < -0.3 is 21.1 Å². The molecule has 0 spiro atoms. The van der Waals surface area contributed by atoms with E-state index in [9.17, 15) is 9.59 Å². The number of nitrogens with two attached hydrogens (primary N) is 1. The number of aryl methyl sites for hydroxylation is 1. The molecule has 4 N–H and O–H groups in total. The predicted molar refractivity (Wildman–Crippen MR) is 90.0 cm³/mol. The van der Waals surface area contributed by atoms with Crippen LogP contribution >= 0.6 is 0 Å². The molecule has 7 nitrogen and oxygen atoms in total. The van der Waals surface area contributed by atoms with Crippen molar-refractivity contribution in [3.63, 3.8) is 0 Å². The molecule has 3 unspecified atom stereocenters. The summed E-state index contributed by atoms with van der Waals surface area (Å²) in [5.41, 5.74) is 7.67. The van der Waals surface area contributed by atoms with Crippen molar-refractivity contribution in [2.24, 2.45) is 5.73 Å². The first-order chi connectivity index (χ1) is 11.5. The van der Waals surface area contributed by atoms with E-state index >= 15 is 0 Å². The first-order valence-electron chi connectivity index (χ1n) is 8.34. The van der Waals surface area contributed by atoms with E-state index in [1.165, 1.54) is 0 Å². The van der Waals surface area contributed by atoms with Crippen molar-refractivity contribution in [3.8, 4) is 0 Å². The summed E-state index contributed by atoms with van der Waals surface area (Å²) in [6.45, 7) is 3.72. The zero-order valence-corrected chi connectivity index (χ0v) is 14.2. The second-order valence-electron chi connectivity index (χ2n) is 6.27. The summed E-state index contributed by atoms with van der Waals surface area (Å²) in [7, 11) is 0. The lowest BCUT2D eigenvalue weighted by atomic mass is 10.0. The lowest BCUT2D eigenvalue weighted by Crippen LogP contribution is -2.51. The topological polar surface area (TPSA) is 109 Å². The van der Waals surface area contributed by atoms with Crippen LogP contribution in [0.1, 0.15) is 44.0 Å². The lowest BCUT2D eigenvalue weighted by molar-refractivity contribution is -0.143. The van der Waals surface area contributed by atoms with Crippen LogP contribution in [0.2, 0.25) is 0 Å². The van der Waals surface area contributed by atoms with Crippen LogP contribution in [-0.4, -0.2) is 52.0 Å². The number of hydrogen-bond donors (Lipinski definition) is 3. The number of nitrogens with one attached hydrogen (secondary N) is 1. The summed E-state index contributed by atoms with van der Waals surface area (Å²) in [5, 5.41) is 11.6. The molecule has 24 heavy (non-hydrogen) atoms. The summed E-state index contributed by atoms with van der Waals surface area (Å²) in [6, 6.07) is 2.67. The Hall–Kier alpha value is -1.99. The average molecular weight is 334 g/mol. The van der Waals surface area contributed by atoms with Crippen molar-refractivity contribution in [1.29, 1.82) is 0 Å². The Labute approximate surface area is 142 Å². The van der Waals surface area contributed by atoms with Crippen LogP contribution in [0.3, 0.4) is 0 Å². The number of aromatic nitrogens is 1. The van der Waals surface area contributed by atoms with Gasteiger partial charge in [-0.3, -0.25) is 14.6 Å². The molecule has 132 valence electrons. The number of aliphatic hydroxyl groups excluding tert-OH is 1. The maximum absolute atomic E-state index is 12.8. The van der Waals surface area contributed by atoms with Crippen LogP contribution in [0.4, 0.5) is 0 Å². The molecule has 0 radical (unpaired) electrons. The average Bonchev–Trinajstić information content (AvgIpc) is 2.69. The number of hydrogen-bond acceptors (Lipinski definition) is 5. The van der Waals surface area contributed by atoms with Crippen molar-refractivity contribution in [3.05, 3.63) is 29.6 Å². The lowest BCUT2D eigenvalue weighted by Gasteiger charge is -2.34. The molecule has 1 aromatic heterocycles. The van der Waals surface area contributed by atoms with Gasteiger partial charge in [-0.15, -0.1) is 0 Å². The molecule has 1 aromatic rings. The van der Waals surface area contributed by atoms with E-state index in [-0.39, 0.29) is 43.5 Å². The van der Waals surface area contributed by atoms with Gasteiger partial charge in [-0.2, -0.15) is 0 Å². The van der Waals surface area contributed by atoms with Gasteiger partial charge in [-0.1, -0.05) is 6.07 Å². The fourth-order valence-corrected chi connectivity index (χ4v) is 3.20. The molecule has 1 aliphatic heterocycles. The zero-order valence-electron chi connectivity index (χ0n) is 14.2. The monoisotopic (exact) mass is 334 g/mol. The zero-order chi connectivity index (χ0) is 17.7. The van der Waals surface area contributed by atoms with Gasteiger partial charge in [-0.25, -0.2) is 0 Å². The van der Waals surface area contributed by atoms with Crippen LogP contribution in [0.15, 0.2) is 18.3 Å². The number of amides is 2. The number of pyridine rings is 1. The third kappa shape index (κ3) is 4.10. The Balaban J connectivity index is 2.34. The standard InChI is InChI=1S/C17H26N4O3/c1-11(18)10-16(23)21-12(2)13-4-3-7-19-14(13)5-6-15(21)17(24)20-8-9-22/h3-4,7,11-12,15,22H,5-6,8-10,18H2,1-2H3,(H,20,24). The maximum atomic E-state index is 12.8. The molecule has 2 heterocycles. The fourth-order valence-electron chi connectivity index (χ4n) is 3.20. The number of carbonyl (C=O) groups excluding carboxylic acids is 2. The summed E-state index contributed by atoms with van der Waals surface area (Å²) >= 11 is 0. The molecular formula is C17H26N4O3. The second-order valence-corrected chi connectivity index (χ2v) is 6.27. The van der Waals surface area contributed by atoms with Gasteiger partial charge in [0, 0.05) is 30.9 Å². The molecule has 3 atom stereocenters. The van der Waals surface area contributed by atoms with E-state index in [0.29, 0.717) is 12.8 Å². The highest BCUT2D eigenvalue weighted by molar-refractivity contribution is 5.88. The molecule has 0 aromatic carbocycles. The molecular weight excluding hydrogens is 308 g/mol. The Kier molecular flexibility index (Phi) is 6.28. The predicted octanol–water partition coefficient (Wildman–Crippen LogP) is 0.132. The van der Waals surface area contributed by atoms with Crippen LogP contribution < -0.4 is 11.1 Å². The minimum Gasteiger partial charge on any atom is -0.395 e. The summed E-state index contributed by atoms with van der Waals surface area (Å²) < 4.78 is 0. The molecule has 7 heteroatoms. The van der Waals surface area contributed by atoms with Crippen LogP contribution in [-0.2, 0) is 16.0 Å². The number of fused-ring (bicyclic) bond motifs is 1. The van der Waals surface area contributed by atoms with E-state index in [1.807, 2.05) is 19.1 Å². The van der Waals surface area contributed by atoms with E-state index in [4.69, 9.17) is 10.8 Å². The van der Waals surface area contributed by atoms with Crippen molar-refractivity contribution >= 4 is 11.8 Å². The van der Waals surface area contributed by atoms with Crippen molar-refractivity contribution < 1.29 is 14.7 Å². The summed E-state index contributed by atoms with van der Waals surface area (Å²) in [4.78, 5) is 31.3. The first kappa shape index (κ1) is 18.4. The fraction of sp³-hybridized carbons (Fsp3) is 0.588. The van der Waals surface area contributed by atoms with Gasteiger partial charge >= 0.3 is 0 Å². The Morgan fingerprint density at radius 1 is 1.54 bits per heavy atom. The Morgan fingerprint density at radius 3 is 2.96 bits per heavy atom. The number of nitrogens with zero attached hydrogens (tertiary/aromatic N) is 2. The maximum Gasteiger partial charge on any atom is 0.242 e. The molecule has 0 saturated carbocycles. The first-order valence-corrected chi connectivity index (χ1v) is 8.34. The van der Waals surface area contributed by atoms with Crippen molar-refractivity contribution in [2.75, 3.05) is 13.2 Å². The highest BCUT2D eigenvalue weighted by atomic mass is 16.3.